The summed E-state index contributed by atoms with van der Waals surface area (Å²) in [5.41, 5.74) is 4.08. The molecule has 0 fully saturated rings. The lowest BCUT2D eigenvalue weighted by atomic mass is 10.0. The fourth-order valence-electron chi connectivity index (χ4n) is 2.82. The maximum Gasteiger partial charge on any atom is 0.140 e. The number of aromatic nitrogens is 5. The van der Waals surface area contributed by atoms with Crippen LogP contribution in [0, 0.1) is 0 Å². The predicted molar refractivity (Wildman–Crippen MR) is 96.8 cm³/mol. The van der Waals surface area contributed by atoms with Gasteiger partial charge in [-0.1, -0.05) is 12.1 Å². The third-order valence-electron chi connectivity index (χ3n) is 4.02. The van der Waals surface area contributed by atoms with Gasteiger partial charge in [0.15, 0.2) is 0 Å². The molecule has 3 heterocycles. The third-order valence-corrected chi connectivity index (χ3v) is 4.02. The van der Waals surface area contributed by atoms with Gasteiger partial charge in [0, 0.05) is 30.9 Å². The van der Waals surface area contributed by atoms with Gasteiger partial charge in [-0.3, -0.25) is 4.57 Å². The second kappa shape index (κ2) is 6.74. The first kappa shape index (κ1) is 15.3. The lowest BCUT2D eigenvalue weighted by Crippen LogP contribution is -2.09. The lowest BCUT2D eigenvalue weighted by Gasteiger charge is -2.10. The lowest BCUT2D eigenvalue weighted by molar-refractivity contribution is 0.210. The van der Waals surface area contributed by atoms with Crippen molar-refractivity contribution in [3.63, 3.8) is 0 Å². The SMILES string of the molecule is COCCNc1cc(-c2cccc(-n3cnnc3)c2)c2cc[nH]c2n1. The number of rotatable bonds is 6. The topological polar surface area (TPSA) is 80.6 Å². The van der Waals surface area contributed by atoms with Crippen LogP contribution in [-0.2, 0) is 4.74 Å². The monoisotopic (exact) mass is 334 g/mol. The van der Waals surface area contributed by atoms with E-state index in [1.54, 1.807) is 19.8 Å². The number of hydrogen-bond acceptors (Lipinski definition) is 5. The minimum Gasteiger partial charge on any atom is -0.383 e. The summed E-state index contributed by atoms with van der Waals surface area (Å²) < 4.78 is 6.98. The average Bonchev–Trinajstić information content (AvgIpc) is 3.33. The molecule has 4 aromatic rings. The maximum absolute atomic E-state index is 5.10. The van der Waals surface area contributed by atoms with E-state index in [0.29, 0.717) is 13.2 Å². The first-order valence-electron chi connectivity index (χ1n) is 8.01. The predicted octanol–water partition coefficient (Wildman–Crippen LogP) is 2.87. The van der Waals surface area contributed by atoms with Crippen LogP contribution < -0.4 is 5.32 Å². The molecule has 0 aliphatic carbocycles. The number of anilines is 1. The van der Waals surface area contributed by atoms with Gasteiger partial charge >= 0.3 is 0 Å². The van der Waals surface area contributed by atoms with Gasteiger partial charge in [-0.05, 0) is 35.4 Å². The zero-order valence-corrected chi connectivity index (χ0v) is 13.8. The largest absolute Gasteiger partial charge is 0.383 e. The third kappa shape index (κ3) is 3.09. The maximum atomic E-state index is 5.10. The summed E-state index contributed by atoms with van der Waals surface area (Å²) in [6.45, 7) is 1.33. The second-order valence-corrected chi connectivity index (χ2v) is 5.63. The molecular weight excluding hydrogens is 316 g/mol. The number of nitrogens with one attached hydrogen (secondary N) is 2. The minimum absolute atomic E-state index is 0.628. The summed E-state index contributed by atoms with van der Waals surface area (Å²) in [5, 5.41) is 12.1. The number of aromatic amines is 1. The molecule has 0 radical (unpaired) electrons. The summed E-state index contributed by atoms with van der Waals surface area (Å²) in [4.78, 5) is 7.81. The Morgan fingerprint density at radius 1 is 1.16 bits per heavy atom. The standard InChI is InChI=1S/C18H18N6O/c1-25-8-7-19-17-10-16(15-5-6-20-18(15)23-17)13-3-2-4-14(9-13)24-11-21-22-12-24/h2-6,9-12H,7-8H2,1H3,(H2,19,20,23). The van der Waals surface area contributed by atoms with Crippen molar-refractivity contribution in [1.29, 1.82) is 0 Å². The Balaban J connectivity index is 1.77. The van der Waals surface area contributed by atoms with Crippen LogP contribution in [0.1, 0.15) is 0 Å². The molecule has 0 aliphatic heterocycles. The summed E-state index contributed by atoms with van der Waals surface area (Å²) in [6, 6.07) is 12.4. The number of fused-ring (bicyclic) bond motifs is 1. The van der Waals surface area contributed by atoms with E-state index in [1.807, 2.05) is 29.0 Å². The summed E-state index contributed by atoms with van der Waals surface area (Å²) >= 11 is 0. The molecule has 4 rings (SSSR count). The average molecular weight is 334 g/mol. The first-order chi connectivity index (χ1) is 12.3. The van der Waals surface area contributed by atoms with Crippen LogP contribution >= 0.6 is 0 Å². The van der Waals surface area contributed by atoms with E-state index in [4.69, 9.17) is 4.74 Å². The van der Waals surface area contributed by atoms with E-state index < -0.39 is 0 Å². The number of pyridine rings is 1. The number of ether oxygens (including phenoxy) is 1. The molecule has 3 aromatic heterocycles. The van der Waals surface area contributed by atoms with E-state index in [-0.39, 0.29) is 0 Å². The van der Waals surface area contributed by atoms with Gasteiger partial charge in [0.05, 0.1) is 6.61 Å². The zero-order chi connectivity index (χ0) is 17.1. The Morgan fingerprint density at radius 3 is 2.88 bits per heavy atom. The molecule has 1 aromatic carbocycles. The van der Waals surface area contributed by atoms with Gasteiger partial charge in [0.1, 0.15) is 24.1 Å². The van der Waals surface area contributed by atoms with E-state index >= 15 is 0 Å². The molecule has 25 heavy (non-hydrogen) atoms. The highest BCUT2D eigenvalue weighted by atomic mass is 16.5. The van der Waals surface area contributed by atoms with Crippen molar-refractivity contribution in [3.05, 3.63) is 55.2 Å². The summed E-state index contributed by atoms with van der Waals surface area (Å²) in [7, 11) is 1.69. The fourth-order valence-corrected chi connectivity index (χ4v) is 2.82. The number of benzene rings is 1. The van der Waals surface area contributed by atoms with Crippen LogP contribution in [0.3, 0.4) is 0 Å². The van der Waals surface area contributed by atoms with E-state index in [1.165, 1.54) is 0 Å². The smallest absolute Gasteiger partial charge is 0.140 e. The Labute approximate surface area is 144 Å². The number of methoxy groups -OCH3 is 1. The zero-order valence-electron chi connectivity index (χ0n) is 13.8. The normalized spacial score (nSPS) is 11.1. The highest BCUT2D eigenvalue weighted by Gasteiger charge is 2.10. The van der Waals surface area contributed by atoms with Gasteiger partial charge in [0.2, 0.25) is 0 Å². The molecule has 0 unspecified atom stereocenters. The second-order valence-electron chi connectivity index (χ2n) is 5.63. The highest BCUT2D eigenvalue weighted by Crippen LogP contribution is 2.30. The molecule has 0 spiro atoms. The minimum atomic E-state index is 0.628. The first-order valence-corrected chi connectivity index (χ1v) is 8.01. The number of nitrogens with zero attached hydrogens (tertiary/aromatic N) is 4. The molecule has 0 aliphatic rings. The quantitative estimate of drug-likeness (QED) is 0.530. The van der Waals surface area contributed by atoms with Gasteiger partial charge in [-0.25, -0.2) is 4.98 Å². The molecule has 2 N–H and O–H groups in total. The fraction of sp³-hybridized carbons (Fsp3) is 0.167. The molecule has 0 saturated heterocycles. The van der Waals surface area contributed by atoms with Crippen molar-refractivity contribution in [2.24, 2.45) is 0 Å². The van der Waals surface area contributed by atoms with Crippen LogP contribution in [0.2, 0.25) is 0 Å². The Kier molecular flexibility index (Phi) is 4.14. The highest BCUT2D eigenvalue weighted by molar-refractivity contribution is 5.95. The van der Waals surface area contributed by atoms with Gasteiger partial charge in [0.25, 0.3) is 0 Å². The van der Waals surface area contributed by atoms with Crippen molar-refractivity contribution < 1.29 is 4.74 Å². The van der Waals surface area contributed by atoms with E-state index in [0.717, 1.165) is 33.7 Å². The van der Waals surface area contributed by atoms with E-state index in [2.05, 4.69) is 43.7 Å². The molecule has 0 saturated carbocycles. The van der Waals surface area contributed by atoms with Crippen molar-refractivity contribution in [2.75, 3.05) is 25.6 Å². The molecule has 0 atom stereocenters. The van der Waals surface area contributed by atoms with Crippen LogP contribution in [-0.4, -0.2) is 45.0 Å². The Morgan fingerprint density at radius 2 is 2.04 bits per heavy atom. The van der Waals surface area contributed by atoms with Gasteiger partial charge < -0.3 is 15.0 Å². The Bertz CT molecular complexity index is 976. The summed E-state index contributed by atoms with van der Waals surface area (Å²) in [5.74, 6) is 0.816. The molecular formula is C18H18N6O. The molecule has 7 nitrogen and oxygen atoms in total. The van der Waals surface area contributed by atoms with E-state index in [9.17, 15) is 0 Å². The van der Waals surface area contributed by atoms with Crippen molar-refractivity contribution in [2.45, 2.75) is 0 Å². The van der Waals surface area contributed by atoms with Crippen LogP contribution in [0.25, 0.3) is 27.8 Å². The van der Waals surface area contributed by atoms with Crippen LogP contribution in [0.5, 0.6) is 0 Å². The number of hydrogen-bond donors (Lipinski definition) is 2. The molecule has 0 bridgehead atoms. The number of H-pyrrole nitrogens is 1. The van der Waals surface area contributed by atoms with Crippen LogP contribution in [0.15, 0.2) is 55.2 Å². The van der Waals surface area contributed by atoms with Gasteiger partial charge in [-0.15, -0.1) is 10.2 Å². The van der Waals surface area contributed by atoms with Crippen molar-refractivity contribution in [1.82, 2.24) is 24.7 Å². The van der Waals surface area contributed by atoms with Crippen molar-refractivity contribution in [3.8, 4) is 16.8 Å². The molecule has 0 amide bonds. The van der Waals surface area contributed by atoms with Crippen LogP contribution in [0.4, 0.5) is 5.82 Å². The molecule has 126 valence electrons. The van der Waals surface area contributed by atoms with Gasteiger partial charge in [-0.2, -0.15) is 0 Å². The Hall–Kier alpha value is -3.19. The summed E-state index contributed by atoms with van der Waals surface area (Å²) in [6.07, 6.45) is 5.29. The molecule has 7 heteroatoms. The van der Waals surface area contributed by atoms with Crippen molar-refractivity contribution >= 4 is 16.9 Å².